The zero-order valence-electron chi connectivity index (χ0n) is 13.0. The summed E-state index contributed by atoms with van der Waals surface area (Å²) in [5, 5.41) is 9.38. The Balaban J connectivity index is 1.93. The molecular formula is C17H20ClNO2S2. The summed E-state index contributed by atoms with van der Waals surface area (Å²) in [7, 11) is 0. The summed E-state index contributed by atoms with van der Waals surface area (Å²) in [6.45, 7) is 3.70. The van der Waals surface area contributed by atoms with Gasteiger partial charge in [-0.2, -0.15) is 0 Å². The number of aryl methyl sites for hydroxylation is 1. The molecule has 124 valence electrons. The molecule has 3 rings (SSSR count). The number of likely N-dealkylation sites (tertiary alicyclic amines) is 1. The van der Waals surface area contributed by atoms with Crippen molar-refractivity contribution in [2.75, 3.05) is 13.1 Å². The number of rotatable bonds is 5. The van der Waals surface area contributed by atoms with Crippen LogP contribution in [0.1, 0.15) is 40.4 Å². The lowest BCUT2D eigenvalue weighted by atomic mass is 9.96. The number of carbonyl (C=O) groups is 1. The molecule has 0 amide bonds. The SMILES string of the molecule is CCc1ccc(C(c2ccc(Cl)s2)N2CCCC(C(=O)O)C2)s1. The fourth-order valence-electron chi connectivity index (χ4n) is 3.15. The van der Waals surface area contributed by atoms with Gasteiger partial charge in [0.25, 0.3) is 0 Å². The van der Waals surface area contributed by atoms with Crippen molar-refractivity contribution >= 4 is 40.2 Å². The Bertz CT molecular complexity index is 682. The molecular weight excluding hydrogens is 350 g/mol. The lowest BCUT2D eigenvalue weighted by Gasteiger charge is -2.36. The number of nitrogens with zero attached hydrogens (tertiary/aromatic N) is 1. The minimum atomic E-state index is -0.682. The molecule has 3 nitrogen and oxygen atoms in total. The van der Waals surface area contributed by atoms with Crippen LogP contribution in [0, 0.1) is 5.92 Å². The first-order valence-corrected chi connectivity index (χ1v) is 9.90. The van der Waals surface area contributed by atoms with Crippen LogP contribution in [0.5, 0.6) is 0 Å². The molecule has 1 aliphatic rings. The highest BCUT2D eigenvalue weighted by Gasteiger charge is 2.32. The second kappa shape index (κ2) is 7.34. The Morgan fingerprint density at radius 1 is 1.35 bits per heavy atom. The van der Waals surface area contributed by atoms with E-state index >= 15 is 0 Å². The molecule has 1 saturated heterocycles. The number of carboxylic acid groups (broad SMARTS) is 1. The molecule has 6 heteroatoms. The third-order valence-corrected chi connectivity index (χ3v) is 6.90. The quantitative estimate of drug-likeness (QED) is 0.813. The van der Waals surface area contributed by atoms with Crippen LogP contribution in [0.2, 0.25) is 4.34 Å². The molecule has 3 heterocycles. The maximum atomic E-state index is 11.4. The zero-order valence-corrected chi connectivity index (χ0v) is 15.4. The third-order valence-electron chi connectivity index (χ3n) is 4.33. The number of hydrogen-bond donors (Lipinski definition) is 1. The summed E-state index contributed by atoms with van der Waals surface area (Å²) >= 11 is 9.57. The highest BCUT2D eigenvalue weighted by molar-refractivity contribution is 7.16. The minimum absolute atomic E-state index is 0.125. The minimum Gasteiger partial charge on any atom is -0.481 e. The van der Waals surface area contributed by atoms with Gasteiger partial charge < -0.3 is 5.11 Å². The molecule has 1 aliphatic heterocycles. The number of carboxylic acids is 1. The highest BCUT2D eigenvalue weighted by atomic mass is 35.5. The molecule has 1 fully saturated rings. The predicted molar refractivity (Wildman–Crippen MR) is 96.8 cm³/mol. The van der Waals surface area contributed by atoms with Crippen LogP contribution >= 0.6 is 34.3 Å². The van der Waals surface area contributed by atoms with Crippen molar-refractivity contribution in [2.45, 2.75) is 32.2 Å². The Morgan fingerprint density at radius 2 is 2.09 bits per heavy atom. The number of piperidine rings is 1. The van der Waals surface area contributed by atoms with Gasteiger partial charge in [0.05, 0.1) is 16.3 Å². The smallest absolute Gasteiger partial charge is 0.307 e. The van der Waals surface area contributed by atoms with Crippen molar-refractivity contribution in [1.82, 2.24) is 4.90 Å². The average Bonchev–Trinajstić information content (AvgIpc) is 3.17. The summed E-state index contributed by atoms with van der Waals surface area (Å²) in [6.07, 6.45) is 2.73. The first kappa shape index (κ1) is 17.0. The van der Waals surface area contributed by atoms with Gasteiger partial charge in [0, 0.05) is 21.2 Å². The summed E-state index contributed by atoms with van der Waals surface area (Å²) in [5.74, 6) is -0.953. The third kappa shape index (κ3) is 3.79. The largest absolute Gasteiger partial charge is 0.481 e. The van der Waals surface area contributed by atoms with E-state index in [0.29, 0.717) is 6.54 Å². The first-order valence-electron chi connectivity index (χ1n) is 7.89. The van der Waals surface area contributed by atoms with Crippen LogP contribution in [0.4, 0.5) is 0 Å². The molecule has 2 aromatic heterocycles. The number of aliphatic carboxylic acids is 1. The maximum Gasteiger partial charge on any atom is 0.307 e. The molecule has 0 radical (unpaired) electrons. The van der Waals surface area contributed by atoms with E-state index in [-0.39, 0.29) is 12.0 Å². The fourth-order valence-corrected chi connectivity index (χ4v) is 5.55. The van der Waals surface area contributed by atoms with Crippen LogP contribution in [0.3, 0.4) is 0 Å². The topological polar surface area (TPSA) is 40.5 Å². The molecule has 0 spiro atoms. The van der Waals surface area contributed by atoms with E-state index in [2.05, 4.69) is 30.0 Å². The van der Waals surface area contributed by atoms with Gasteiger partial charge in [0.2, 0.25) is 0 Å². The van der Waals surface area contributed by atoms with Gasteiger partial charge in [0.15, 0.2) is 0 Å². The fraction of sp³-hybridized carbons (Fsp3) is 0.471. The van der Waals surface area contributed by atoms with E-state index in [1.54, 1.807) is 11.3 Å². The van der Waals surface area contributed by atoms with Crippen molar-refractivity contribution in [1.29, 1.82) is 0 Å². The van der Waals surface area contributed by atoms with E-state index in [0.717, 1.165) is 30.1 Å². The second-order valence-electron chi connectivity index (χ2n) is 5.87. The molecule has 23 heavy (non-hydrogen) atoms. The molecule has 2 aromatic rings. The van der Waals surface area contributed by atoms with Crippen LogP contribution in [-0.4, -0.2) is 29.1 Å². The first-order chi connectivity index (χ1) is 11.1. The summed E-state index contributed by atoms with van der Waals surface area (Å²) in [4.78, 5) is 17.6. The van der Waals surface area contributed by atoms with Gasteiger partial charge in [0.1, 0.15) is 0 Å². The molecule has 0 bridgehead atoms. The van der Waals surface area contributed by atoms with Gasteiger partial charge in [-0.3, -0.25) is 9.69 Å². The van der Waals surface area contributed by atoms with Crippen molar-refractivity contribution < 1.29 is 9.90 Å². The van der Waals surface area contributed by atoms with Crippen LogP contribution in [0.25, 0.3) is 0 Å². The summed E-state index contributed by atoms with van der Waals surface area (Å²) in [5.41, 5.74) is 0. The highest BCUT2D eigenvalue weighted by Crippen LogP contribution is 2.40. The standard InChI is InChI=1S/C17H20ClNO2S2/c1-2-12-5-6-13(22-12)16(14-7-8-15(18)23-14)19-9-3-4-11(10-19)17(20)21/h5-8,11,16H,2-4,9-10H2,1H3,(H,20,21). The van der Waals surface area contributed by atoms with Crippen LogP contribution < -0.4 is 0 Å². The van der Waals surface area contributed by atoms with E-state index in [1.807, 2.05) is 17.4 Å². The maximum absolute atomic E-state index is 11.4. The predicted octanol–water partition coefficient (Wildman–Crippen LogP) is 4.91. The van der Waals surface area contributed by atoms with Gasteiger partial charge in [-0.05, 0) is 50.1 Å². The number of halogens is 1. The lowest BCUT2D eigenvalue weighted by molar-refractivity contribution is -0.143. The molecule has 0 aliphatic carbocycles. The zero-order chi connectivity index (χ0) is 16.4. The Kier molecular flexibility index (Phi) is 5.42. The molecule has 2 atom stereocenters. The average molecular weight is 370 g/mol. The van der Waals surface area contributed by atoms with Crippen LogP contribution in [0.15, 0.2) is 24.3 Å². The number of hydrogen-bond acceptors (Lipinski definition) is 4. The Hall–Kier alpha value is -0.880. The number of thiophene rings is 2. The van der Waals surface area contributed by atoms with Crippen molar-refractivity contribution in [3.05, 3.63) is 43.2 Å². The Morgan fingerprint density at radius 3 is 2.70 bits per heavy atom. The molecule has 0 aromatic carbocycles. The van der Waals surface area contributed by atoms with Crippen molar-refractivity contribution in [3.63, 3.8) is 0 Å². The van der Waals surface area contributed by atoms with Gasteiger partial charge in [-0.25, -0.2) is 0 Å². The molecule has 1 N–H and O–H groups in total. The second-order valence-corrected chi connectivity index (χ2v) is 8.82. The summed E-state index contributed by atoms with van der Waals surface area (Å²) < 4.78 is 0.782. The van der Waals surface area contributed by atoms with E-state index in [9.17, 15) is 9.90 Å². The van der Waals surface area contributed by atoms with Gasteiger partial charge in [-0.1, -0.05) is 18.5 Å². The summed E-state index contributed by atoms with van der Waals surface area (Å²) in [6, 6.07) is 8.50. The van der Waals surface area contributed by atoms with Crippen LogP contribution in [-0.2, 0) is 11.2 Å². The molecule has 0 saturated carbocycles. The van der Waals surface area contributed by atoms with E-state index < -0.39 is 5.97 Å². The van der Waals surface area contributed by atoms with E-state index in [4.69, 9.17) is 11.6 Å². The van der Waals surface area contributed by atoms with Crippen molar-refractivity contribution in [3.8, 4) is 0 Å². The van der Waals surface area contributed by atoms with Gasteiger partial charge in [-0.15, -0.1) is 22.7 Å². The molecule has 2 unspecified atom stereocenters. The normalized spacial score (nSPS) is 20.5. The van der Waals surface area contributed by atoms with Crippen molar-refractivity contribution in [2.24, 2.45) is 5.92 Å². The monoisotopic (exact) mass is 369 g/mol. The van der Waals surface area contributed by atoms with Gasteiger partial charge >= 0.3 is 5.97 Å². The Labute approximate surface area is 149 Å². The van der Waals surface area contributed by atoms with E-state index in [1.165, 1.54) is 14.6 Å². The lowest BCUT2D eigenvalue weighted by Crippen LogP contribution is -2.40.